The normalized spacial score (nSPS) is 20.0. The zero-order valence-corrected chi connectivity index (χ0v) is 14.1. The summed E-state index contributed by atoms with van der Waals surface area (Å²) in [5, 5.41) is 3.29. The third-order valence-corrected chi connectivity index (χ3v) is 4.10. The Bertz CT molecular complexity index is 766. The highest BCUT2D eigenvalue weighted by molar-refractivity contribution is 6.30. The molecule has 0 saturated carbocycles. The summed E-state index contributed by atoms with van der Waals surface area (Å²) in [7, 11) is 0. The van der Waals surface area contributed by atoms with Crippen molar-refractivity contribution in [2.45, 2.75) is 24.9 Å². The lowest BCUT2D eigenvalue weighted by Crippen LogP contribution is -2.39. The lowest BCUT2D eigenvalue weighted by molar-refractivity contribution is -0.274. The fourth-order valence-electron chi connectivity index (χ4n) is 2.61. The van der Waals surface area contributed by atoms with Crippen LogP contribution in [0.1, 0.15) is 18.0 Å². The summed E-state index contributed by atoms with van der Waals surface area (Å²) in [6.45, 7) is 0. The minimum atomic E-state index is -4.75. The molecule has 1 heterocycles. The fraction of sp³-hybridized carbons (Fsp3) is 0.235. The number of hydrogen-bond acceptors (Lipinski definition) is 4. The van der Waals surface area contributed by atoms with E-state index < -0.39 is 12.4 Å². The predicted octanol–water partition coefficient (Wildman–Crippen LogP) is 3.78. The Morgan fingerprint density at radius 3 is 2.35 bits per heavy atom. The highest BCUT2D eigenvalue weighted by Gasteiger charge is 2.31. The van der Waals surface area contributed by atoms with Crippen molar-refractivity contribution in [3.63, 3.8) is 0 Å². The topological polar surface area (TPSA) is 62.4 Å². The molecular weight excluding hydrogens is 371 g/mol. The van der Waals surface area contributed by atoms with Crippen molar-refractivity contribution in [2.75, 3.05) is 5.32 Å². The van der Waals surface area contributed by atoms with Crippen molar-refractivity contribution < 1.29 is 22.7 Å². The van der Waals surface area contributed by atoms with Crippen molar-refractivity contribution in [3.05, 3.63) is 59.1 Å². The van der Waals surface area contributed by atoms with E-state index in [2.05, 4.69) is 20.9 Å². The number of nitrogens with one attached hydrogen (secondary N) is 3. The number of benzene rings is 2. The third kappa shape index (κ3) is 4.87. The van der Waals surface area contributed by atoms with Crippen LogP contribution in [0, 0.1) is 0 Å². The minimum absolute atomic E-state index is 0.0504. The molecule has 0 bridgehead atoms. The molecule has 1 saturated heterocycles. The van der Waals surface area contributed by atoms with Gasteiger partial charge in [-0.25, -0.2) is 10.9 Å². The van der Waals surface area contributed by atoms with Crippen LogP contribution >= 0.6 is 11.6 Å². The molecule has 2 atom stereocenters. The van der Waals surface area contributed by atoms with Crippen LogP contribution < -0.4 is 20.9 Å². The zero-order valence-electron chi connectivity index (χ0n) is 13.3. The number of carbonyl (C=O) groups is 1. The third-order valence-electron chi connectivity index (χ3n) is 3.85. The first kappa shape index (κ1) is 18.5. The van der Waals surface area contributed by atoms with Crippen LogP contribution in [0.5, 0.6) is 5.75 Å². The average molecular weight is 386 g/mol. The summed E-state index contributed by atoms with van der Waals surface area (Å²) >= 11 is 5.86. The van der Waals surface area contributed by atoms with Crippen LogP contribution in [0.3, 0.4) is 0 Å². The van der Waals surface area contributed by atoms with Gasteiger partial charge >= 0.3 is 6.36 Å². The average Bonchev–Trinajstić information content (AvgIpc) is 3.06. The molecule has 1 aliphatic rings. The highest BCUT2D eigenvalue weighted by Crippen LogP contribution is 2.26. The summed E-state index contributed by atoms with van der Waals surface area (Å²) in [6, 6.07) is 11.7. The van der Waals surface area contributed by atoms with E-state index in [4.69, 9.17) is 11.6 Å². The smallest absolute Gasteiger partial charge is 0.406 e. The number of carbonyl (C=O) groups excluding carboxylic acids is 1. The first-order valence-corrected chi connectivity index (χ1v) is 8.11. The van der Waals surface area contributed by atoms with Crippen LogP contribution in [0.4, 0.5) is 18.9 Å². The maximum absolute atomic E-state index is 12.3. The molecule has 3 rings (SSSR count). The first-order chi connectivity index (χ1) is 12.3. The molecule has 138 valence electrons. The lowest BCUT2D eigenvalue weighted by Gasteiger charge is -2.12. The molecule has 2 aromatic rings. The molecule has 0 radical (unpaired) electrons. The highest BCUT2D eigenvalue weighted by atomic mass is 35.5. The van der Waals surface area contributed by atoms with Crippen LogP contribution in [0.15, 0.2) is 48.5 Å². The van der Waals surface area contributed by atoms with Gasteiger partial charge in [-0.3, -0.25) is 4.79 Å². The number of amides is 1. The van der Waals surface area contributed by atoms with Crippen LogP contribution in [-0.2, 0) is 4.79 Å². The summed E-state index contributed by atoms with van der Waals surface area (Å²) in [5.74, 6) is -0.641. The molecular formula is C17H15ClF3N3O2. The van der Waals surface area contributed by atoms with Crippen LogP contribution in [0.2, 0.25) is 5.02 Å². The summed E-state index contributed by atoms with van der Waals surface area (Å²) in [6.07, 6.45) is -4.23. The van der Waals surface area contributed by atoms with Gasteiger partial charge in [0.1, 0.15) is 11.8 Å². The molecule has 5 nitrogen and oxygen atoms in total. The Balaban J connectivity index is 1.56. The summed E-state index contributed by atoms with van der Waals surface area (Å²) in [4.78, 5) is 12.3. The van der Waals surface area contributed by atoms with Crippen molar-refractivity contribution >= 4 is 23.2 Å². The van der Waals surface area contributed by atoms with E-state index in [-0.39, 0.29) is 17.7 Å². The Morgan fingerprint density at radius 2 is 1.73 bits per heavy atom. The largest absolute Gasteiger partial charge is 0.573 e. The van der Waals surface area contributed by atoms with E-state index in [0.29, 0.717) is 17.1 Å². The molecule has 1 amide bonds. The predicted molar refractivity (Wildman–Crippen MR) is 90.6 cm³/mol. The SMILES string of the molecule is O=C(Nc1ccc(OC(F)(F)F)cc1)C1CC(c2ccc(Cl)cc2)NN1. The molecule has 2 aromatic carbocycles. The molecule has 26 heavy (non-hydrogen) atoms. The van der Waals surface area contributed by atoms with E-state index in [9.17, 15) is 18.0 Å². The van der Waals surface area contributed by atoms with Gasteiger partial charge in [0.15, 0.2) is 0 Å². The fourth-order valence-corrected chi connectivity index (χ4v) is 2.74. The van der Waals surface area contributed by atoms with E-state index in [1.54, 1.807) is 12.1 Å². The van der Waals surface area contributed by atoms with Crippen molar-refractivity contribution in [3.8, 4) is 5.75 Å². The van der Waals surface area contributed by atoms with Gasteiger partial charge in [0, 0.05) is 16.8 Å². The van der Waals surface area contributed by atoms with Gasteiger partial charge in [-0.1, -0.05) is 23.7 Å². The van der Waals surface area contributed by atoms with Crippen LogP contribution in [-0.4, -0.2) is 18.3 Å². The number of ether oxygens (including phenoxy) is 1. The van der Waals surface area contributed by atoms with E-state index in [1.807, 2.05) is 12.1 Å². The molecule has 0 aliphatic carbocycles. The van der Waals surface area contributed by atoms with Gasteiger partial charge in [-0.15, -0.1) is 13.2 Å². The van der Waals surface area contributed by atoms with E-state index in [0.717, 1.165) is 17.7 Å². The van der Waals surface area contributed by atoms with Gasteiger partial charge < -0.3 is 10.1 Å². The molecule has 3 N–H and O–H groups in total. The molecule has 9 heteroatoms. The second-order valence-corrected chi connectivity index (χ2v) is 6.18. The summed E-state index contributed by atoms with van der Waals surface area (Å²) in [5.41, 5.74) is 7.33. The zero-order chi connectivity index (χ0) is 18.7. The maximum atomic E-state index is 12.3. The van der Waals surface area contributed by atoms with Gasteiger partial charge in [-0.2, -0.15) is 0 Å². The van der Waals surface area contributed by atoms with E-state index in [1.165, 1.54) is 12.1 Å². The molecule has 0 spiro atoms. The Morgan fingerprint density at radius 1 is 1.08 bits per heavy atom. The quantitative estimate of drug-likeness (QED) is 0.749. The number of anilines is 1. The number of hydrazine groups is 1. The lowest BCUT2D eigenvalue weighted by atomic mass is 10.0. The first-order valence-electron chi connectivity index (χ1n) is 7.73. The van der Waals surface area contributed by atoms with Crippen molar-refractivity contribution in [1.29, 1.82) is 0 Å². The molecule has 1 fully saturated rings. The standard InChI is InChI=1S/C17H15ClF3N3O2/c18-11-3-1-10(2-4-11)14-9-15(24-23-14)16(25)22-12-5-7-13(8-6-12)26-17(19,20)21/h1-8,14-15,23-24H,9H2,(H,22,25). The van der Waals surface area contributed by atoms with Crippen LogP contribution in [0.25, 0.3) is 0 Å². The number of hydrogen-bond donors (Lipinski definition) is 3. The number of alkyl halides is 3. The van der Waals surface area contributed by atoms with Gasteiger partial charge in [-0.05, 0) is 48.4 Å². The summed E-state index contributed by atoms with van der Waals surface area (Å²) < 4.78 is 40.2. The second kappa shape index (κ2) is 7.53. The van der Waals surface area contributed by atoms with Gasteiger partial charge in [0.05, 0.1) is 0 Å². The Hall–Kier alpha value is -2.29. The monoisotopic (exact) mass is 385 g/mol. The number of rotatable bonds is 4. The van der Waals surface area contributed by atoms with Crippen molar-refractivity contribution in [1.82, 2.24) is 10.9 Å². The maximum Gasteiger partial charge on any atom is 0.573 e. The van der Waals surface area contributed by atoms with Gasteiger partial charge in [0.2, 0.25) is 5.91 Å². The molecule has 0 aromatic heterocycles. The van der Waals surface area contributed by atoms with Crippen molar-refractivity contribution in [2.24, 2.45) is 0 Å². The molecule has 1 aliphatic heterocycles. The van der Waals surface area contributed by atoms with E-state index >= 15 is 0 Å². The Labute approximate surface area is 152 Å². The molecule has 2 unspecified atom stereocenters. The number of halogens is 4. The minimum Gasteiger partial charge on any atom is -0.406 e. The Kier molecular flexibility index (Phi) is 5.36. The van der Waals surface area contributed by atoms with Gasteiger partial charge in [0.25, 0.3) is 0 Å². The second-order valence-electron chi connectivity index (χ2n) is 5.74.